The van der Waals surface area contributed by atoms with Crippen molar-refractivity contribution in [3.8, 4) is 0 Å². The van der Waals surface area contributed by atoms with Crippen LogP contribution in [0.4, 0.5) is 0 Å². The van der Waals surface area contributed by atoms with Gasteiger partial charge in [0.1, 0.15) is 6.10 Å². The Balaban J connectivity index is 1.93. The first kappa shape index (κ1) is 14.8. The van der Waals surface area contributed by atoms with Crippen LogP contribution in [-0.2, 0) is 19.0 Å². The highest BCUT2D eigenvalue weighted by molar-refractivity contribution is 5.76. The molecule has 0 N–H and O–H groups in total. The number of hydrogen-bond donors (Lipinski definition) is 0. The maximum atomic E-state index is 12.1. The van der Waals surface area contributed by atoms with Gasteiger partial charge in [-0.05, 0) is 34.1 Å². The van der Waals surface area contributed by atoms with Gasteiger partial charge in [0.25, 0.3) is 0 Å². The van der Waals surface area contributed by atoms with Crippen LogP contribution in [0.25, 0.3) is 0 Å². The molecule has 1 saturated carbocycles. The summed E-state index contributed by atoms with van der Waals surface area (Å²) in [5.41, 5.74) is -0.409. The van der Waals surface area contributed by atoms with Crippen LogP contribution in [0.3, 0.4) is 0 Å². The minimum absolute atomic E-state index is 0.0711. The number of carbonyl (C=O) groups is 1. The van der Waals surface area contributed by atoms with Gasteiger partial charge in [0.05, 0.1) is 17.6 Å². The van der Waals surface area contributed by atoms with Crippen molar-refractivity contribution >= 4 is 5.97 Å². The summed E-state index contributed by atoms with van der Waals surface area (Å²) in [5, 5.41) is 0. The van der Waals surface area contributed by atoms with E-state index in [4.69, 9.17) is 14.2 Å². The van der Waals surface area contributed by atoms with E-state index < -0.39 is 11.2 Å². The smallest absolute Gasteiger partial charge is 0.311 e. The zero-order valence-corrected chi connectivity index (χ0v) is 12.7. The lowest BCUT2D eigenvalue weighted by Gasteiger charge is -2.46. The number of ether oxygens (including phenoxy) is 3. The summed E-state index contributed by atoms with van der Waals surface area (Å²) < 4.78 is 17.4. The van der Waals surface area contributed by atoms with Crippen molar-refractivity contribution in [2.45, 2.75) is 84.4 Å². The summed E-state index contributed by atoms with van der Waals surface area (Å²) >= 11 is 0. The minimum Gasteiger partial charge on any atom is -0.462 e. The van der Waals surface area contributed by atoms with E-state index in [0.717, 1.165) is 25.7 Å². The topological polar surface area (TPSA) is 44.8 Å². The van der Waals surface area contributed by atoms with Gasteiger partial charge in [-0.1, -0.05) is 6.92 Å². The van der Waals surface area contributed by atoms with Crippen molar-refractivity contribution in [1.82, 2.24) is 0 Å². The van der Waals surface area contributed by atoms with E-state index in [0.29, 0.717) is 0 Å². The van der Waals surface area contributed by atoms with Crippen molar-refractivity contribution in [2.24, 2.45) is 5.41 Å². The maximum absolute atomic E-state index is 12.1. The van der Waals surface area contributed by atoms with Crippen LogP contribution in [0.5, 0.6) is 0 Å². The Morgan fingerprint density at radius 3 is 2.21 bits per heavy atom. The van der Waals surface area contributed by atoms with Gasteiger partial charge < -0.3 is 14.2 Å². The first-order valence-electron chi connectivity index (χ1n) is 7.28. The number of carbonyl (C=O) groups excluding carboxylic acids is 1. The predicted molar refractivity (Wildman–Crippen MR) is 71.6 cm³/mol. The van der Waals surface area contributed by atoms with Gasteiger partial charge in [0.2, 0.25) is 0 Å². The number of esters is 1. The lowest BCUT2D eigenvalue weighted by Crippen LogP contribution is -2.51. The molecule has 2 fully saturated rings. The third-order valence-corrected chi connectivity index (χ3v) is 4.19. The van der Waals surface area contributed by atoms with E-state index in [-0.39, 0.29) is 24.3 Å². The van der Waals surface area contributed by atoms with Crippen LogP contribution in [-0.4, -0.2) is 30.1 Å². The molecule has 1 aliphatic carbocycles. The summed E-state index contributed by atoms with van der Waals surface area (Å²) in [6, 6.07) is 0. The van der Waals surface area contributed by atoms with Gasteiger partial charge >= 0.3 is 5.97 Å². The second kappa shape index (κ2) is 5.06. The van der Waals surface area contributed by atoms with E-state index in [1.54, 1.807) is 0 Å². The molecule has 0 aromatic rings. The van der Waals surface area contributed by atoms with Crippen LogP contribution < -0.4 is 0 Å². The fourth-order valence-electron chi connectivity index (χ4n) is 2.74. The molecule has 0 spiro atoms. The van der Waals surface area contributed by atoms with E-state index in [2.05, 4.69) is 0 Å². The molecule has 2 bridgehead atoms. The molecule has 1 aliphatic heterocycles. The van der Waals surface area contributed by atoms with Crippen molar-refractivity contribution < 1.29 is 19.0 Å². The normalized spacial score (nSPS) is 33.8. The molecule has 4 nitrogen and oxygen atoms in total. The summed E-state index contributed by atoms with van der Waals surface area (Å²) in [4.78, 5) is 12.1. The average Bonchev–Trinajstić information content (AvgIpc) is 2.25. The summed E-state index contributed by atoms with van der Waals surface area (Å²) in [5.74, 6) is -0.620. The maximum Gasteiger partial charge on any atom is 0.311 e. The molecule has 0 aromatic carbocycles. The van der Waals surface area contributed by atoms with E-state index in [1.807, 2.05) is 34.6 Å². The average molecular weight is 270 g/mol. The lowest BCUT2D eigenvalue weighted by atomic mass is 9.88. The molecule has 2 atom stereocenters. The lowest BCUT2D eigenvalue weighted by molar-refractivity contribution is -0.318. The molecule has 19 heavy (non-hydrogen) atoms. The second-order valence-corrected chi connectivity index (χ2v) is 6.85. The summed E-state index contributed by atoms with van der Waals surface area (Å²) in [6.45, 7) is 9.74. The van der Waals surface area contributed by atoms with Crippen LogP contribution >= 0.6 is 0 Å². The molecule has 4 heteroatoms. The molecule has 2 rings (SSSR count). The molecule has 0 radical (unpaired) electrons. The Morgan fingerprint density at radius 2 is 1.74 bits per heavy atom. The number of rotatable bonds is 3. The first-order valence-corrected chi connectivity index (χ1v) is 7.28. The zero-order valence-electron chi connectivity index (χ0n) is 12.7. The van der Waals surface area contributed by atoms with Gasteiger partial charge in [-0.15, -0.1) is 0 Å². The van der Waals surface area contributed by atoms with E-state index in [9.17, 15) is 4.79 Å². The molecule has 1 heterocycles. The molecule has 2 aliphatic rings. The Kier molecular flexibility index (Phi) is 3.94. The highest BCUT2D eigenvalue weighted by atomic mass is 16.7. The van der Waals surface area contributed by atoms with Crippen molar-refractivity contribution in [1.29, 1.82) is 0 Å². The third-order valence-electron chi connectivity index (χ3n) is 4.19. The van der Waals surface area contributed by atoms with Gasteiger partial charge in [-0.25, -0.2) is 0 Å². The van der Waals surface area contributed by atoms with Crippen molar-refractivity contribution in [3.63, 3.8) is 0 Å². The van der Waals surface area contributed by atoms with Crippen LogP contribution in [0.2, 0.25) is 0 Å². The standard InChI is InChI=1S/C15H26O4/c1-6-14(2,3)13(16)17-10-7-11-9-12(8-10)19-15(4,5)18-11/h10-12H,6-9H2,1-5H3. The Bertz CT molecular complexity index is 332. The van der Waals surface area contributed by atoms with E-state index in [1.165, 1.54) is 0 Å². The first-order chi connectivity index (χ1) is 8.72. The Hall–Kier alpha value is -0.610. The molecule has 0 amide bonds. The predicted octanol–water partition coefficient (Wildman–Crippen LogP) is 3.04. The van der Waals surface area contributed by atoms with Crippen LogP contribution in [0.1, 0.15) is 60.3 Å². The molecule has 2 unspecified atom stereocenters. The zero-order chi connectivity index (χ0) is 14.3. The molecule has 110 valence electrons. The van der Waals surface area contributed by atoms with Crippen LogP contribution in [0, 0.1) is 5.41 Å². The SMILES string of the molecule is CCC(C)(C)C(=O)OC1CC2CC(C1)OC(C)(C)O2. The second-order valence-electron chi connectivity index (χ2n) is 6.85. The summed E-state index contributed by atoms with van der Waals surface area (Å²) in [7, 11) is 0. The molecule has 0 aromatic heterocycles. The summed E-state index contributed by atoms with van der Waals surface area (Å²) in [6.07, 6.45) is 3.48. The number of fused-ring (bicyclic) bond motifs is 2. The molecular weight excluding hydrogens is 244 g/mol. The van der Waals surface area contributed by atoms with Crippen molar-refractivity contribution in [2.75, 3.05) is 0 Å². The monoisotopic (exact) mass is 270 g/mol. The number of hydrogen-bond acceptors (Lipinski definition) is 4. The van der Waals surface area contributed by atoms with E-state index >= 15 is 0 Å². The molecule has 1 saturated heterocycles. The van der Waals surface area contributed by atoms with Gasteiger partial charge in [-0.2, -0.15) is 0 Å². The van der Waals surface area contributed by atoms with Crippen LogP contribution in [0.15, 0.2) is 0 Å². The largest absolute Gasteiger partial charge is 0.462 e. The van der Waals surface area contributed by atoms with Gasteiger partial charge in [0.15, 0.2) is 5.79 Å². The fraction of sp³-hybridized carbons (Fsp3) is 0.933. The third kappa shape index (κ3) is 3.48. The quantitative estimate of drug-likeness (QED) is 0.739. The highest BCUT2D eigenvalue weighted by Gasteiger charge is 2.43. The Labute approximate surface area is 115 Å². The minimum atomic E-state index is -0.509. The molecular formula is C15H26O4. The Morgan fingerprint density at radius 1 is 1.21 bits per heavy atom. The fourth-order valence-corrected chi connectivity index (χ4v) is 2.74. The van der Waals surface area contributed by atoms with Gasteiger partial charge in [0, 0.05) is 19.3 Å². The van der Waals surface area contributed by atoms with Crippen molar-refractivity contribution in [3.05, 3.63) is 0 Å². The van der Waals surface area contributed by atoms with Gasteiger partial charge in [-0.3, -0.25) is 4.79 Å². The highest BCUT2D eigenvalue weighted by Crippen LogP contribution is 2.37.